The quantitative estimate of drug-likeness (QED) is 0.384. The normalized spacial score (nSPS) is 10.8. The summed E-state index contributed by atoms with van der Waals surface area (Å²) in [6.07, 6.45) is 9.19. The number of esters is 1. The number of ether oxygens (including phenoxy) is 2. The number of aryl methyl sites for hydroxylation is 1. The highest BCUT2D eigenvalue weighted by Crippen LogP contribution is 2.21. The molecule has 0 amide bonds. The number of carbonyl (C=O) groups is 1. The maximum absolute atomic E-state index is 11.4. The van der Waals surface area contributed by atoms with Gasteiger partial charge in [0, 0.05) is 6.08 Å². The molecule has 0 aliphatic carbocycles. The summed E-state index contributed by atoms with van der Waals surface area (Å²) in [5.41, 5.74) is 2.27. The molecule has 3 heteroatoms. The number of hydrogen-bond acceptors (Lipinski definition) is 3. The van der Waals surface area contributed by atoms with Gasteiger partial charge in [-0.25, -0.2) is 4.79 Å². The molecule has 1 aromatic carbocycles. The number of benzene rings is 1. The van der Waals surface area contributed by atoms with Crippen molar-refractivity contribution in [3.05, 3.63) is 35.4 Å². The molecule has 0 aliphatic heterocycles. The molecular formula is C18H26O3. The first-order chi connectivity index (χ1) is 10.2. The molecule has 0 saturated carbocycles. The van der Waals surface area contributed by atoms with Crippen LogP contribution < -0.4 is 4.74 Å². The van der Waals surface area contributed by atoms with Crippen molar-refractivity contribution in [3.8, 4) is 5.75 Å². The second-order valence-corrected chi connectivity index (χ2v) is 4.96. The Morgan fingerprint density at radius 2 is 2.00 bits per heavy atom. The van der Waals surface area contributed by atoms with Gasteiger partial charge in [-0.3, -0.25) is 0 Å². The summed E-state index contributed by atoms with van der Waals surface area (Å²) in [6.45, 7) is 4.41. The molecule has 0 radical (unpaired) electrons. The highest BCUT2D eigenvalue weighted by molar-refractivity contribution is 5.87. The molecule has 0 aromatic heterocycles. The van der Waals surface area contributed by atoms with Gasteiger partial charge >= 0.3 is 5.97 Å². The molecule has 0 atom stereocenters. The summed E-state index contributed by atoms with van der Waals surface area (Å²) < 4.78 is 10.2. The lowest BCUT2D eigenvalue weighted by molar-refractivity contribution is -0.137. The summed E-state index contributed by atoms with van der Waals surface area (Å²) in [7, 11) is 1.67. The van der Waals surface area contributed by atoms with Gasteiger partial charge in [-0.2, -0.15) is 0 Å². The van der Waals surface area contributed by atoms with Gasteiger partial charge in [-0.15, -0.1) is 0 Å². The molecule has 0 saturated heterocycles. The first-order valence-electron chi connectivity index (χ1n) is 7.73. The lowest BCUT2D eigenvalue weighted by Gasteiger charge is -2.09. The Labute approximate surface area is 128 Å². The van der Waals surface area contributed by atoms with E-state index in [4.69, 9.17) is 9.47 Å². The van der Waals surface area contributed by atoms with Gasteiger partial charge in [0.25, 0.3) is 0 Å². The Morgan fingerprint density at radius 1 is 1.19 bits per heavy atom. The molecule has 21 heavy (non-hydrogen) atoms. The topological polar surface area (TPSA) is 35.5 Å². The average molecular weight is 290 g/mol. The number of unbranched alkanes of at least 4 members (excludes halogenated alkanes) is 3. The predicted molar refractivity (Wildman–Crippen MR) is 86.5 cm³/mol. The van der Waals surface area contributed by atoms with Crippen molar-refractivity contribution in [1.82, 2.24) is 0 Å². The van der Waals surface area contributed by atoms with Gasteiger partial charge in [-0.1, -0.05) is 32.3 Å². The second-order valence-electron chi connectivity index (χ2n) is 4.96. The Balaban J connectivity index is 2.78. The fraction of sp³-hybridized carbons (Fsp3) is 0.500. The van der Waals surface area contributed by atoms with Gasteiger partial charge in [-0.05, 0) is 49.1 Å². The Kier molecular flexibility index (Phi) is 8.25. The molecule has 1 rings (SSSR count). The minimum absolute atomic E-state index is 0.301. The minimum atomic E-state index is -0.301. The molecule has 3 nitrogen and oxygen atoms in total. The number of carbonyl (C=O) groups excluding carboxylic acids is 1. The van der Waals surface area contributed by atoms with Crippen molar-refractivity contribution >= 4 is 12.0 Å². The molecular weight excluding hydrogens is 264 g/mol. The van der Waals surface area contributed by atoms with E-state index in [0.717, 1.165) is 24.2 Å². The van der Waals surface area contributed by atoms with E-state index < -0.39 is 0 Å². The zero-order valence-electron chi connectivity index (χ0n) is 13.4. The molecule has 0 spiro atoms. The van der Waals surface area contributed by atoms with E-state index in [1.807, 2.05) is 18.2 Å². The van der Waals surface area contributed by atoms with Crippen LogP contribution in [0.4, 0.5) is 0 Å². The molecule has 0 fully saturated rings. The zero-order valence-corrected chi connectivity index (χ0v) is 13.4. The van der Waals surface area contributed by atoms with Crippen molar-refractivity contribution in [3.63, 3.8) is 0 Å². The summed E-state index contributed by atoms with van der Waals surface area (Å²) in [4.78, 5) is 11.4. The molecule has 0 N–H and O–H groups in total. The maximum Gasteiger partial charge on any atom is 0.330 e. The van der Waals surface area contributed by atoms with Crippen LogP contribution in [0.1, 0.15) is 50.7 Å². The molecule has 116 valence electrons. The van der Waals surface area contributed by atoms with Crippen molar-refractivity contribution in [1.29, 1.82) is 0 Å². The lowest BCUT2D eigenvalue weighted by Crippen LogP contribution is -1.99. The van der Waals surface area contributed by atoms with Gasteiger partial charge in [0.05, 0.1) is 13.7 Å². The third-order valence-corrected chi connectivity index (χ3v) is 3.34. The van der Waals surface area contributed by atoms with Crippen LogP contribution in [0.25, 0.3) is 6.08 Å². The van der Waals surface area contributed by atoms with E-state index in [9.17, 15) is 4.79 Å². The average Bonchev–Trinajstić information content (AvgIpc) is 2.50. The highest BCUT2D eigenvalue weighted by Gasteiger charge is 2.04. The van der Waals surface area contributed by atoms with Gasteiger partial charge < -0.3 is 9.47 Å². The molecule has 0 bridgehead atoms. The van der Waals surface area contributed by atoms with Crippen LogP contribution in [0.2, 0.25) is 0 Å². The van der Waals surface area contributed by atoms with Crippen molar-refractivity contribution < 1.29 is 14.3 Å². The monoisotopic (exact) mass is 290 g/mol. The van der Waals surface area contributed by atoms with E-state index in [-0.39, 0.29) is 5.97 Å². The first-order valence-corrected chi connectivity index (χ1v) is 7.73. The SMILES string of the molecule is CCCCCCc1cc(OC)ccc1C=CC(=O)OCC. The van der Waals surface area contributed by atoms with Crippen LogP contribution in [0.5, 0.6) is 5.75 Å². The highest BCUT2D eigenvalue weighted by atomic mass is 16.5. The summed E-state index contributed by atoms with van der Waals surface area (Å²) >= 11 is 0. The molecule has 1 aromatic rings. The zero-order chi connectivity index (χ0) is 15.5. The van der Waals surface area contributed by atoms with E-state index in [1.54, 1.807) is 14.0 Å². The van der Waals surface area contributed by atoms with Crippen LogP contribution in [-0.2, 0) is 16.0 Å². The third kappa shape index (κ3) is 6.48. The van der Waals surface area contributed by atoms with Crippen molar-refractivity contribution in [2.45, 2.75) is 46.0 Å². The number of hydrogen-bond donors (Lipinski definition) is 0. The van der Waals surface area contributed by atoms with E-state index >= 15 is 0 Å². The summed E-state index contributed by atoms with van der Waals surface area (Å²) in [6, 6.07) is 5.96. The fourth-order valence-corrected chi connectivity index (χ4v) is 2.18. The van der Waals surface area contributed by atoms with Gasteiger partial charge in [0.2, 0.25) is 0 Å². The Morgan fingerprint density at radius 3 is 2.67 bits per heavy atom. The standard InChI is InChI=1S/C18H26O3/c1-4-6-7-8-9-16-14-17(20-3)12-10-15(16)11-13-18(19)21-5-2/h10-14H,4-9H2,1-3H3. The predicted octanol–water partition coefficient (Wildman–Crippen LogP) is 4.39. The van der Waals surface area contributed by atoms with E-state index in [1.165, 1.54) is 30.9 Å². The second kappa shape index (κ2) is 10.0. The Hall–Kier alpha value is -1.77. The van der Waals surface area contributed by atoms with E-state index in [2.05, 4.69) is 13.0 Å². The lowest BCUT2D eigenvalue weighted by atomic mass is 10.00. The van der Waals surface area contributed by atoms with E-state index in [0.29, 0.717) is 6.61 Å². The largest absolute Gasteiger partial charge is 0.497 e. The smallest absolute Gasteiger partial charge is 0.330 e. The van der Waals surface area contributed by atoms with Gasteiger partial charge in [0.15, 0.2) is 0 Å². The third-order valence-electron chi connectivity index (χ3n) is 3.34. The van der Waals surface area contributed by atoms with Gasteiger partial charge in [0.1, 0.15) is 5.75 Å². The fourth-order valence-electron chi connectivity index (χ4n) is 2.18. The molecule has 0 unspecified atom stereocenters. The van der Waals surface area contributed by atoms with Crippen LogP contribution in [-0.4, -0.2) is 19.7 Å². The number of rotatable bonds is 9. The van der Waals surface area contributed by atoms with Crippen LogP contribution in [0, 0.1) is 0 Å². The van der Waals surface area contributed by atoms with Crippen LogP contribution >= 0.6 is 0 Å². The van der Waals surface area contributed by atoms with Crippen molar-refractivity contribution in [2.24, 2.45) is 0 Å². The van der Waals surface area contributed by atoms with Crippen LogP contribution in [0.3, 0.4) is 0 Å². The number of methoxy groups -OCH3 is 1. The Bertz CT molecular complexity index is 464. The first kappa shape index (κ1) is 17.3. The van der Waals surface area contributed by atoms with Crippen molar-refractivity contribution in [2.75, 3.05) is 13.7 Å². The maximum atomic E-state index is 11.4. The molecule has 0 heterocycles. The van der Waals surface area contributed by atoms with Crippen LogP contribution in [0.15, 0.2) is 24.3 Å². The summed E-state index contributed by atoms with van der Waals surface area (Å²) in [5.74, 6) is 0.555. The summed E-state index contributed by atoms with van der Waals surface area (Å²) in [5, 5.41) is 0. The molecule has 0 aliphatic rings. The minimum Gasteiger partial charge on any atom is -0.497 e.